The molecule has 0 aliphatic heterocycles. The van der Waals surface area contributed by atoms with Gasteiger partial charge < -0.3 is 15.3 Å². The molecule has 0 saturated carbocycles. The Labute approximate surface area is 90.5 Å². The molecule has 0 saturated heterocycles. The van der Waals surface area contributed by atoms with Crippen LogP contribution in [0, 0.1) is 0 Å². The largest absolute Gasteiger partial charge is 0.462 e. The first-order valence-electron chi connectivity index (χ1n) is 3.94. The molecule has 3 N–H and O–H groups in total. The predicted octanol–water partition coefficient (Wildman–Crippen LogP) is 2.15. The first-order valence-corrected chi connectivity index (χ1v) is 3.94. The number of furan rings is 1. The van der Waals surface area contributed by atoms with Crippen LogP contribution in [0.15, 0.2) is 16.5 Å². The van der Waals surface area contributed by atoms with Crippen molar-refractivity contribution in [1.29, 1.82) is 0 Å². The van der Waals surface area contributed by atoms with Gasteiger partial charge in [0.15, 0.2) is 0 Å². The molecule has 0 radical (unpaired) electrons. The molecule has 7 heteroatoms. The fourth-order valence-electron chi connectivity index (χ4n) is 1.03. The van der Waals surface area contributed by atoms with Crippen molar-refractivity contribution in [2.45, 2.75) is 25.2 Å². The molecule has 1 heterocycles. The molecule has 15 heavy (non-hydrogen) atoms. The zero-order chi connectivity index (χ0) is 10.8. The Bertz CT molecular complexity index is 300. The van der Waals surface area contributed by atoms with Crippen molar-refractivity contribution in [3.05, 3.63) is 23.7 Å². The van der Waals surface area contributed by atoms with Crippen LogP contribution in [0.5, 0.6) is 0 Å². The smallest absolute Gasteiger partial charge is 0.391 e. The number of rotatable bonds is 3. The summed E-state index contributed by atoms with van der Waals surface area (Å²) < 4.78 is 40.6. The van der Waals surface area contributed by atoms with E-state index >= 15 is 0 Å². The lowest BCUT2D eigenvalue weighted by atomic mass is 10.2. The highest BCUT2D eigenvalue weighted by atomic mass is 35.5. The van der Waals surface area contributed by atoms with Crippen LogP contribution in [0.4, 0.5) is 13.2 Å². The molecule has 0 unspecified atom stereocenters. The minimum Gasteiger partial charge on any atom is -0.462 e. The molecule has 0 aliphatic rings. The maximum absolute atomic E-state index is 11.9. The number of hydrogen-bond donors (Lipinski definition) is 2. The Kier molecular flexibility index (Phi) is 5.13. The summed E-state index contributed by atoms with van der Waals surface area (Å²) >= 11 is 0. The van der Waals surface area contributed by atoms with E-state index in [-0.39, 0.29) is 30.5 Å². The van der Waals surface area contributed by atoms with E-state index in [2.05, 4.69) is 0 Å². The molecule has 0 amide bonds. The quantitative estimate of drug-likeness (QED) is 0.858. The van der Waals surface area contributed by atoms with E-state index in [0.29, 0.717) is 0 Å². The summed E-state index contributed by atoms with van der Waals surface area (Å²) in [7, 11) is 0. The molecule has 0 aromatic carbocycles. The highest BCUT2D eigenvalue weighted by molar-refractivity contribution is 5.85. The summed E-state index contributed by atoms with van der Waals surface area (Å²) in [6, 6.07) is 1.52. The van der Waals surface area contributed by atoms with Crippen molar-refractivity contribution < 1.29 is 22.7 Å². The van der Waals surface area contributed by atoms with Gasteiger partial charge in [-0.1, -0.05) is 0 Å². The second kappa shape index (κ2) is 5.39. The molecule has 0 aliphatic carbocycles. The van der Waals surface area contributed by atoms with Gasteiger partial charge in [0.2, 0.25) is 0 Å². The van der Waals surface area contributed by atoms with Gasteiger partial charge >= 0.3 is 6.18 Å². The van der Waals surface area contributed by atoms with Crippen molar-refractivity contribution in [3.63, 3.8) is 0 Å². The second-order valence-corrected chi connectivity index (χ2v) is 2.89. The van der Waals surface area contributed by atoms with Crippen LogP contribution < -0.4 is 5.73 Å². The van der Waals surface area contributed by atoms with Crippen LogP contribution in [0.1, 0.15) is 24.0 Å². The standard InChI is InChI=1S/C8H10F3NO2.ClH/c9-8(10,11)3-6(12)7-2-1-5(4-13)14-7;/h1-2,6,13H,3-4,12H2;1H/t6-;/m1./s1. The Hall–Kier alpha value is -0.720. The van der Waals surface area contributed by atoms with Crippen molar-refractivity contribution in [3.8, 4) is 0 Å². The lowest BCUT2D eigenvalue weighted by Crippen LogP contribution is -2.19. The number of hydrogen-bond acceptors (Lipinski definition) is 3. The summed E-state index contributed by atoms with van der Waals surface area (Å²) in [6.45, 7) is -0.348. The zero-order valence-electron chi connectivity index (χ0n) is 7.62. The highest BCUT2D eigenvalue weighted by Gasteiger charge is 2.32. The number of aliphatic hydroxyl groups excluding tert-OH is 1. The van der Waals surface area contributed by atoms with Crippen molar-refractivity contribution in [1.82, 2.24) is 0 Å². The normalized spacial score (nSPS) is 13.4. The maximum atomic E-state index is 11.9. The van der Waals surface area contributed by atoms with E-state index in [9.17, 15) is 13.2 Å². The van der Waals surface area contributed by atoms with E-state index in [1.54, 1.807) is 0 Å². The van der Waals surface area contributed by atoms with E-state index in [0.717, 1.165) is 0 Å². The minimum atomic E-state index is -4.31. The van der Waals surface area contributed by atoms with Crippen molar-refractivity contribution in [2.75, 3.05) is 0 Å². The molecule has 0 spiro atoms. The zero-order valence-corrected chi connectivity index (χ0v) is 8.44. The SMILES string of the molecule is Cl.N[C@H](CC(F)(F)F)c1ccc(CO)o1. The van der Waals surface area contributed by atoms with Gasteiger partial charge in [0.05, 0.1) is 12.5 Å². The molecule has 3 nitrogen and oxygen atoms in total. The third-order valence-electron chi connectivity index (χ3n) is 1.66. The fourth-order valence-corrected chi connectivity index (χ4v) is 1.03. The summed E-state index contributed by atoms with van der Waals surface area (Å²) in [5, 5.41) is 8.61. The van der Waals surface area contributed by atoms with E-state index in [1.807, 2.05) is 0 Å². The van der Waals surface area contributed by atoms with Crippen molar-refractivity contribution in [2.24, 2.45) is 5.73 Å². The summed E-state index contributed by atoms with van der Waals surface area (Å²) in [5.41, 5.74) is 5.25. The molecule has 1 aromatic heterocycles. The molecule has 0 fully saturated rings. The topological polar surface area (TPSA) is 59.4 Å². The summed E-state index contributed by atoms with van der Waals surface area (Å²) in [5.74, 6) is 0.240. The third kappa shape index (κ3) is 4.55. The Morgan fingerprint density at radius 3 is 2.40 bits per heavy atom. The fraction of sp³-hybridized carbons (Fsp3) is 0.500. The maximum Gasteiger partial charge on any atom is 0.391 e. The van der Waals surface area contributed by atoms with Crippen LogP contribution in [0.2, 0.25) is 0 Å². The van der Waals surface area contributed by atoms with Gasteiger partial charge in [0.1, 0.15) is 18.1 Å². The van der Waals surface area contributed by atoms with Crippen molar-refractivity contribution >= 4 is 12.4 Å². The summed E-state index contributed by atoms with van der Waals surface area (Å²) in [4.78, 5) is 0. The van der Waals surface area contributed by atoms with Gasteiger partial charge in [-0.3, -0.25) is 0 Å². The number of alkyl halides is 3. The Morgan fingerprint density at radius 1 is 1.40 bits per heavy atom. The molecular weight excluding hydrogens is 235 g/mol. The molecule has 88 valence electrons. The third-order valence-corrected chi connectivity index (χ3v) is 1.66. The van der Waals surface area contributed by atoms with E-state index in [1.165, 1.54) is 12.1 Å². The van der Waals surface area contributed by atoms with E-state index in [4.69, 9.17) is 15.3 Å². The van der Waals surface area contributed by atoms with Crippen LogP contribution in [0.3, 0.4) is 0 Å². The molecule has 1 atom stereocenters. The molecule has 1 aromatic rings. The number of nitrogens with two attached hydrogens (primary N) is 1. The van der Waals surface area contributed by atoms with Crippen LogP contribution >= 0.6 is 12.4 Å². The predicted molar refractivity (Wildman–Crippen MR) is 49.5 cm³/mol. The van der Waals surface area contributed by atoms with Gasteiger partial charge in [-0.05, 0) is 12.1 Å². The van der Waals surface area contributed by atoms with Crippen LogP contribution in [-0.4, -0.2) is 11.3 Å². The van der Waals surface area contributed by atoms with Crippen LogP contribution in [0.25, 0.3) is 0 Å². The first-order chi connectivity index (χ1) is 6.42. The van der Waals surface area contributed by atoms with Gasteiger partial charge in [-0.2, -0.15) is 13.2 Å². The monoisotopic (exact) mass is 245 g/mol. The number of halogens is 4. The Morgan fingerprint density at radius 2 is 2.00 bits per heavy atom. The molecule has 0 bridgehead atoms. The minimum absolute atomic E-state index is 0. The lowest BCUT2D eigenvalue weighted by Gasteiger charge is -2.11. The average molecular weight is 246 g/mol. The van der Waals surface area contributed by atoms with Gasteiger partial charge in [-0.25, -0.2) is 0 Å². The molecule has 1 rings (SSSR count). The van der Waals surface area contributed by atoms with Gasteiger partial charge in [0, 0.05) is 0 Å². The first kappa shape index (κ1) is 14.3. The van der Waals surface area contributed by atoms with Gasteiger partial charge in [0.25, 0.3) is 0 Å². The summed E-state index contributed by atoms with van der Waals surface area (Å²) in [6.07, 6.45) is -5.45. The second-order valence-electron chi connectivity index (χ2n) is 2.89. The average Bonchev–Trinajstić information content (AvgIpc) is 2.48. The highest BCUT2D eigenvalue weighted by Crippen LogP contribution is 2.28. The number of aliphatic hydroxyl groups is 1. The van der Waals surface area contributed by atoms with Gasteiger partial charge in [-0.15, -0.1) is 12.4 Å². The lowest BCUT2D eigenvalue weighted by molar-refractivity contribution is -0.139. The van der Waals surface area contributed by atoms with Crippen LogP contribution in [-0.2, 0) is 6.61 Å². The van der Waals surface area contributed by atoms with E-state index < -0.39 is 18.6 Å². The Balaban J connectivity index is 0.00000196. The molecular formula is C8H11ClF3NO2.